The molecule has 0 aliphatic rings. The highest BCUT2D eigenvalue weighted by Crippen LogP contribution is 2.11. The second kappa shape index (κ2) is 4.77. The summed E-state index contributed by atoms with van der Waals surface area (Å²) in [5, 5.41) is 9.04. The van der Waals surface area contributed by atoms with Crippen LogP contribution in [0.4, 0.5) is 0 Å². The van der Waals surface area contributed by atoms with Gasteiger partial charge in [-0.05, 0) is 17.7 Å². The van der Waals surface area contributed by atoms with E-state index in [1.165, 1.54) is 0 Å². The van der Waals surface area contributed by atoms with Crippen molar-refractivity contribution in [2.75, 3.05) is 6.54 Å². The first-order chi connectivity index (χ1) is 6.63. The molecular formula is C11H15NO2. The number of nitrogens with two attached hydrogens (primary N) is 1. The molecule has 0 saturated carbocycles. The van der Waals surface area contributed by atoms with Crippen molar-refractivity contribution in [1.29, 1.82) is 0 Å². The van der Waals surface area contributed by atoms with Gasteiger partial charge in [0.2, 0.25) is 0 Å². The maximum absolute atomic E-state index is 11.5. The molecule has 0 aromatic heterocycles. The highest BCUT2D eigenvalue weighted by molar-refractivity contribution is 5.83. The van der Waals surface area contributed by atoms with E-state index in [1.54, 1.807) is 24.3 Å². The molecule has 3 nitrogen and oxygen atoms in total. The molecule has 3 N–H and O–H groups in total. The SMILES string of the molecule is CC(CN)C(=O)Cc1ccc(O)cc1. The fraction of sp³-hybridized carbons (Fsp3) is 0.364. The van der Waals surface area contributed by atoms with Crippen molar-refractivity contribution in [3.8, 4) is 5.75 Å². The van der Waals surface area contributed by atoms with Gasteiger partial charge in [-0.2, -0.15) is 0 Å². The Morgan fingerprint density at radius 2 is 2.00 bits per heavy atom. The molecule has 1 aromatic carbocycles. The van der Waals surface area contributed by atoms with Gasteiger partial charge < -0.3 is 10.8 Å². The zero-order valence-corrected chi connectivity index (χ0v) is 8.23. The average Bonchev–Trinajstić information content (AvgIpc) is 2.20. The summed E-state index contributed by atoms with van der Waals surface area (Å²) in [4.78, 5) is 11.5. The molecule has 0 heterocycles. The average molecular weight is 193 g/mol. The van der Waals surface area contributed by atoms with Gasteiger partial charge in [-0.3, -0.25) is 4.79 Å². The summed E-state index contributed by atoms with van der Waals surface area (Å²) in [5.41, 5.74) is 6.30. The number of benzene rings is 1. The molecular weight excluding hydrogens is 178 g/mol. The molecule has 0 amide bonds. The number of phenols is 1. The second-order valence-electron chi connectivity index (χ2n) is 3.45. The molecule has 0 spiro atoms. The van der Waals surface area contributed by atoms with Gasteiger partial charge >= 0.3 is 0 Å². The third-order valence-electron chi connectivity index (χ3n) is 2.22. The van der Waals surface area contributed by atoms with Gasteiger partial charge in [0, 0.05) is 18.9 Å². The van der Waals surface area contributed by atoms with Crippen molar-refractivity contribution in [1.82, 2.24) is 0 Å². The highest BCUT2D eigenvalue weighted by atomic mass is 16.3. The van der Waals surface area contributed by atoms with Crippen molar-refractivity contribution < 1.29 is 9.90 Å². The van der Waals surface area contributed by atoms with Crippen molar-refractivity contribution in [3.05, 3.63) is 29.8 Å². The van der Waals surface area contributed by atoms with E-state index in [0.717, 1.165) is 5.56 Å². The minimum absolute atomic E-state index is 0.0937. The van der Waals surface area contributed by atoms with Gasteiger partial charge in [-0.15, -0.1) is 0 Å². The largest absolute Gasteiger partial charge is 0.508 e. The second-order valence-corrected chi connectivity index (χ2v) is 3.45. The van der Waals surface area contributed by atoms with Gasteiger partial charge in [0.25, 0.3) is 0 Å². The van der Waals surface area contributed by atoms with Crippen molar-refractivity contribution in [3.63, 3.8) is 0 Å². The fourth-order valence-corrected chi connectivity index (χ4v) is 1.12. The standard InChI is InChI=1S/C11H15NO2/c1-8(7-12)11(14)6-9-2-4-10(13)5-3-9/h2-5,8,13H,6-7,12H2,1H3. The summed E-state index contributed by atoms with van der Waals surface area (Å²) >= 11 is 0. The molecule has 14 heavy (non-hydrogen) atoms. The van der Waals surface area contributed by atoms with Crippen LogP contribution < -0.4 is 5.73 Å². The summed E-state index contributed by atoms with van der Waals surface area (Å²) in [6.45, 7) is 2.21. The van der Waals surface area contributed by atoms with E-state index in [4.69, 9.17) is 10.8 Å². The lowest BCUT2D eigenvalue weighted by Crippen LogP contribution is -2.22. The molecule has 0 bridgehead atoms. The monoisotopic (exact) mass is 193 g/mol. The lowest BCUT2D eigenvalue weighted by molar-refractivity contribution is -0.121. The Kier molecular flexibility index (Phi) is 3.65. The van der Waals surface area contributed by atoms with Crippen LogP contribution in [0.5, 0.6) is 5.75 Å². The molecule has 0 fully saturated rings. The van der Waals surface area contributed by atoms with Crippen LogP contribution in [-0.2, 0) is 11.2 Å². The number of carbonyl (C=O) groups is 1. The van der Waals surface area contributed by atoms with E-state index in [0.29, 0.717) is 13.0 Å². The molecule has 1 aromatic rings. The Labute approximate surface area is 83.6 Å². The number of ketones is 1. The van der Waals surface area contributed by atoms with Crippen LogP contribution in [-0.4, -0.2) is 17.4 Å². The van der Waals surface area contributed by atoms with Crippen molar-refractivity contribution in [2.24, 2.45) is 11.7 Å². The molecule has 76 valence electrons. The summed E-state index contributed by atoms with van der Waals surface area (Å²) in [5.74, 6) is 0.259. The Morgan fingerprint density at radius 1 is 1.43 bits per heavy atom. The fourth-order valence-electron chi connectivity index (χ4n) is 1.12. The molecule has 1 unspecified atom stereocenters. The summed E-state index contributed by atoms with van der Waals surface area (Å²) in [6, 6.07) is 6.65. The molecule has 3 heteroatoms. The Hall–Kier alpha value is -1.35. The lowest BCUT2D eigenvalue weighted by atomic mass is 10.00. The topological polar surface area (TPSA) is 63.3 Å². The zero-order valence-electron chi connectivity index (χ0n) is 8.23. The minimum Gasteiger partial charge on any atom is -0.508 e. The maximum atomic E-state index is 11.5. The molecule has 0 radical (unpaired) electrons. The Bertz CT molecular complexity index is 306. The number of hydrogen-bond donors (Lipinski definition) is 2. The van der Waals surface area contributed by atoms with Crippen molar-refractivity contribution >= 4 is 5.78 Å². The van der Waals surface area contributed by atoms with Crippen LogP contribution in [0.3, 0.4) is 0 Å². The summed E-state index contributed by atoms with van der Waals surface area (Å²) < 4.78 is 0. The number of aromatic hydroxyl groups is 1. The summed E-state index contributed by atoms with van der Waals surface area (Å²) in [6.07, 6.45) is 0.388. The van der Waals surface area contributed by atoms with Crippen LogP contribution in [0.15, 0.2) is 24.3 Å². The van der Waals surface area contributed by atoms with Crippen LogP contribution in [0.1, 0.15) is 12.5 Å². The van der Waals surface area contributed by atoms with E-state index < -0.39 is 0 Å². The van der Waals surface area contributed by atoms with Crippen LogP contribution >= 0.6 is 0 Å². The smallest absolute Gasteiger partial charge is 0.141 e. The first kappa shape index (κ1) is 10.7. The van der Waals surface area contributed by atoms with Gasteiger partial charge in [0.15, 0.2) is 0 Å². The maximum Gasteiger partial charge on any atom is 0.141 e. The van der Waals surface area contributed by atoms with Crippen LogP contribution in [0, 0.1) is 5.92 Å². The van der Waals surface area contributed by atoms with E-state index in [9.17, 15) is 4.79 Å². The van der Waals surface area contributed by atoms with Crippen molar-refractivity contribution in [2.45, 2.75) is 13.3 Å². The normalized spacial score (nSPS) is 12.4. The number of carbonyl (C=O) groups excluding carboxylic acids is 1. The van der Waals surface area contributed by atoms with E-state index in [-0.39, 0.29) is 17.5 Å². The van der Waals surface area contributed by atoms with Crippen LogP contribution in [0.2, 0.25) is 0 Å². The molecule has 0 aliphatic carbocycles. The summed E-state index contributed by atoms with van der Waals surface area (Å²) in [7, 11) is 0. The first-order valence-electron chi connectivity index (χ1n) is 4.64. The molecule has 0 aliphatic heterocycles. The lowest BCUT2D eigenvalue weighted by Gasteiger charge is -2.06. The number of rotatable bonds is 4. The van der Waals surface area contributed by atoms with Crippen LogP contribution in [0.25, 0.3) is 0 Å². The highest BCUT2D eigenvalue weighted by Gasteiger charge is 2.11. The minimum atomic E-state index is -0.0937. The zero-order chi connectivity index (χ0) is 10.6. The Morgan fingerprint density at radius 3 is 2.50 bits per heavy atom. The predicted molar refractivity (Wildman–Crippen MR) is 55.0 cm³/mol. The van der Waals surface area contributed by atoms with E-state index in [2.05, 4.69) is 0 Å². The number of phenolic OH excluding ortho intramolecular Hbond substituents is 1. The predicted octanol–water partition coefficient (Wildman–Crippen LogP) is 1.10. The van der Waals surface area contributed by atoms with Gasteiger partial charge in [0.1, 0.15) is 11.5 Å². The molecule has 1 rings (SSSR count). The third-order valence-corrected chi connectivity index (χ3v) is 2.22. The molecule has 0 saturated heterocycles. The van der Waals surface area contributed by atoms with Gasteiger partial charge in [-0.1, -0.05) is 19.1 Å². The quantitative estimate of drug-likeness (QED) is 0.752. The van der Waals surface area contributed by atoms with Gasteiger partial charge in [0.05, 0.1) is 0 Å². The number of hydrogen-bond acceptors (Lipinski definition) is 3. The number of Topliss-reactive ketones (excluding diaryl/α,β-unsaturated/α-hetero) is 1. The Balaban J connectivity index is 2.60. The first-order valence-corrected chi connectivity index (χ1v) is 4.64. The third kappa shape index (κ3) is 2.85. The molecule has 1 atom stereocenters. The van der Waals surface area contributed by atoms with E-state index in [1.807, 2.05) is 6.92 Å². The van der Waals surface area contributed by atoms with Gasteiger partial charge in [-0.25, -0.2) is 0 Å². The van der Waals surface area contributed by atoms with E-state index >= 15 is 0 Å².